The van der Waals surface area contributed by atoms with Gasteiger partial charge in [-0.1, -0.05) is 6.07 Å². The lowest BCUT2D eigenvalue weighted by molar-refractivity contribution is 0.000817. The second-order valence-corrected chi connectivity index (χ2v) is 5.16. The molecule has 1 amide bonds. The maximum atomic E-state index is 12.6. The second kappa shape index (κ2) is 6.72. The van der Waals surface area contributed by atoms with Crippen LogP contribution in [-0.4, -0.2) is 49.3 Å². The minimum Gasteiger partial charge on any atom is -0.491 e. The van der Waals surface area contributed by atoms with Crippen molar-refractivity contribution >= 4 is 5.91 Å². The maximum Gasteiger partial charge on any atom is 0.254 e. The van der Waals surface area contributed by atoms with Gasteiger partial charge in [-0.2, -0.15) is 0 Å². The molecule has 1 aliphatic rings. The number of hydrogen-bond donors (Lipinski definition) is 1. The fraction of sp³-hybridized carbons (Fsp3) is 0.533. The summed E-state index contributed by atoms with van der Waals surface area (Å²) in [5.41, 5.74) is 6.33. The Kier molecular flexibility index (Phi) is 4.98. The average molecular weight is 278 g/mol. The third-order valence-electron chi connectivity index (χ3n) is 3.21. The first-order valence-corrected chi connectivity index (χ1v) is 6.97. The molecule has 0 aliphatic carbocycles. The largest absolute Gasteiger partial charge is 0.491 e. The highest BCUT2D eigenvalue weighted by Gasteiger charge is 2.27. The third-order valence-corrected chi connectivity index (χ3v) is 3.21. The Labute approximate surface area is 119 Å². The Morgan fingerprint density at radius 3 is 3.05 bits per heavy atom. The number of hydrogen-bond acceptors (Lipinski definition) is 4. The van der Waals surface area contributed by atoms with Gasteiger partial charge in [-0.3, -0.25) is 4.79 Å². The minimum atomic E-state index is -0.0501. The van der Waals surface area contributed by atoms with Crippen LogP contribution in [-0.2, 0) is 4.74 Å². The molecule has 0 aromatic heterocycles. The van der Waals surface area contributed by atoms with Gasteiger partial charge in [0.1, 0.15) is 5.75 Å². The van der Waals surface area contributed by atoms with E-state index in [1.807, 2.05) is 26.0 Å². The number of rotatable bonds is 4. The summed E-state index contributed by atoms with van der Waals surface area (Å²) in [6.07, 6.45) is 0.0838. The van der Waals surface area contributed by atoms with Gasteiger partial charge < -0.3 is 20.1 Å². The van der Waals surface area contributed by atoms with Crippen LogP contribution in [0.25, 0.3) is 0 Å². The normalized spacial score (nSPS) is 19.2. The van der Waals surface area contributed by atoms with E-state index in [1.54, 1.807) is 17.0 Å². The molecule has 1 unspecified atom stereocenters. The van der Waals surface area contributed by atoms with Crippen LogP contribution in [0.2, 0.25) is 0 Å². The molecule has 0 spiro atoms. The molecule has 1 heterocycles. The van der Waals surface area contributed by atoms with Gasteiger partial charge in [-0.05, 0) is 32.0 Å². The van der Waals surface area contributed by atoms with E-state index in [9.17, 15) is 4.79 Å². The molecule has 1 aromatic carbocycles. The highest BCUT2D eigenvalue weighted by Crippen LogP contribution is 2.18. The van der Waals surface area contributed by atoms with Crippen LogP contribution in [0.15, 0.2) is 24.3 Å². The summed E-state index contributed by atoms with van der Waals surface area (Å²) in [6.45, 7) is 5.97. The van der Waals surface area contributed by atoms with Crippen LogP contribution in [0, 0.1) is 0 Å². The highest BCUT2D eigenvalue weighted by atomic mass is 16.5. The van der Waals surface area contributed by atoms with Gasteiger partial charge in [-0.25, -0.2) is 0 Å². The van der Waals surface area contributed by atoms with E-state index in [4.69, 9.17) is 15.2 Å². The number of ether oxygens (including phenoxy) is 2. The molecule has 0 radical (unpaired) electrons. The third kappa shape index (κ3) is 3.49. The molecule has 1 aromatic rings. The fourth-order valence-electron chi connectivity index (χ4n) is 2.26. The number of nitrogens with zero attached hydrogens (tertiary/aromatic N) is 1. The topological polar surface area (TPSA) is 64.8 Å². The lowest BCUT2D eigenvalue weighted by Crippen LogP contribution is -2.52. The van der Waals surface area contributed by atoms with Crippen molar-refractivity contribution < 1.29 is 14.3 Å². The Balaban J connectivity index is 2.15. The minimum absolute atomic E-state index is 0.0158. The molecule has 20 heavy (non-hydrogen) atoms. The molecule has 2 rings (SSSR count). The van der Waals surface area contributed by atoms with E-state index in [2.05, 4.69) is 0 Å². The maximum absolute atomic E-state index is 12.6. The van der Waals surface area contributed by atoms with Crippen molar-refractivity contribution in [3.8, 4) is 5.75 Å². The average Bonchev–Trinajstić information content (AvgIpc) is 2.46. The van der Waals surface area contributed by atoms with Crippen molar-refractivity contribution in [3.63, 3.8) is 0 Å². The van der Waals surface area contributed by atoms with Gasteiger partial charge in [0.05, 0.1) is 25.4 Å². The van der Waals surface area contributed by atoms with E-state index in [0.29, 0.717) is 37.6 Å². The Hall–Kier alpha value is -1.59. The lowest BCUT2D eigenvalue weighted by Gasteiger charge is -2.35. The summed E-state index contributed by atoms with van der Waals surface area (Å²) in [7, 11) is 0. The summed E-state index contributed by atoms with van der Waals surface area (Å²) in [5, 5.41) is 0. The number of carbonyl (C=O) groups is 1. The first-order valence-electron chi connectivity index (χ1n) is 6.97. The van der Waals surface area contributed by atoms with Crippen molar-refractivity contribution in [1.29, 1.82) is 0 Å². The van der Waals surface area contributed by atoms with Crippen LogP contribution >= 0.6 is 0 Å². The Morgan fingerprint density at radius 1 is 1.55 bits per heavy atom. The summed E-state index contributed by atoms with van der Waals surface area (Å²) in [4.78, 5) is 14.4. The molecule has 0 saturated carbocycles. The number of nitrogens with two attached hydrogens (primary N) is 1. The molecule has 5 nitrogen and oxygen atoms in total. The Morgan fingerprint density at radius 2 is 2.35 bits per heavy atom. The molecule has 0 bridgehead atoms. The van der Waals surface area contributed by atoms with Crippen LogP contribution in [0.4, 0.5) is 0 Å². The second-order valence-electron chi connectivity index (χ2n) is 5.16. The zero-order valence-corrected chi connectivity index (χ0v) is 12.0. The van der Waals surface area contributed by atoms with E-state index in [1.165, 1.54) is 0 Å². The van der Waals surface area contributed by atoms with Crippen molar-refractivity contribution in [3.05, 3.63) is 29.8 Å². The van der Waals surface area contributed by atoms with Crippen LogP contribution in [0.3, 0.4) is 0 Å². The first-order chi connectivity index (χ1) is 9.61. The van der Waals surface area contributed by atoms with E-state index < -0.39 is 0 Å². The molecule has 110 valence electrons. The van der Waals surface area contributed by atoms with Crippen molar-refractivity contribution in [1.82, 2.24) is 4.90 Å². The predicted octanol–water partition coefficient (Wildman–Crippen LogP) is 1.27. The monoisotopic (exact) mass is 278 g/mol. The SMILES string of the molecule is CC(C)Oc1cccc(C(=O)N2CCOCC2CN)c1. The molecular formula is C15H22N2O3. The standard InChI is InChI=1S/C15H22N2O3/c1-11(2)20-14-5-3-4-12(8-14)15(18)17-6-7-19-10-13(17)9-16/h3-5,8,11,13H,6-7,9-10,16H2,1-2H3. The zero-order valence-electron chi connectivity index (χ0n) is 12.0. The molecular weight excluding hydrogens is 256 g/mol. The fourth-order valence-corrected chi connectivity index (χ4v) is 2.26. The van der Waals surface area contributed by atoms with Gasteiger partial charge >= 0.3 is 0 Å². The molecule has 2 N–H and O–H groups in total. The van der Waals surface area contributed by atoms with E-state index >= 15 is 0 Å². The van der Waals surface area contributed by atoms with Gasteiger partial charge in [-0.15, -0.1) is 0 Å². The molecule has 1 saturated heterocycles. The predicted molar refractivity (Wildman–Crippen MR) is 76.9 cm³/mol. The molecule has 1 atom stereocenters. The summed E-state index contributed by atoms with van der Waals surface area (Å²) in [6, 6.07) is 7.23. The first kappa shape index (κ1) is 14.8. The van der Waals surface area contributed by atoms with Crippen LogP contribution in [0.5, 0.6) is 5.75 Å². The summed E-state index contributed by atoms with van der Waals surface area (Å²) < 4.78 is 11.0. The molecule has 1 aliphatic heterocycles. The van der Waals surface area contributed by atoms with Crippen molar-refractivity contribution in [2.45, 2.75) is 26.0 Å². The zero-order chi connectivity index (χ0) is 14.5. The van der Waals surface area contributed by atoms with Gasteiger partial charge in [0.15, 0.2) is 0 Å². The van der Waals surface area contributed by atoms with Gasteiger partial charge in [0.2, 0.25) is 0 Å². The van der Waals surface area contributed by atoms with Crippen LogP contribution < -0.4 is 10.5 Å². The number of benzene rings is 1. The lowest BCUT2D eigenvalue weighted by atomic mass is 10.1. The van der Waals surface area contributed by atoms with Gasteiger partial charge in [0, 0.05) is 18.7 Å². The number of morpholine rings is 1. The Bertz CT molecular complexity index is 462. The number of amides is 1. The smallest absolute Gasteiger partial charge is 0.254 e. The number of carbonyl (C=O) groups excluding carboxylic acids is 1. The van der Waals surface area contributed by atoms with Crippen molar-refractivity contribution in [2.24, 2.45) is 5.73 Å². The highest BCUT2D eigenvalue weighted by molar-refractivity contribution is 5.94. The molecule has 1 fully saturated rings. The quantitative estimate of drug-likeness (QED) is 0.901. The van der Waals surface area contributed by atoms with Crippen molar-refractivity contribution in [2.75, 3.05) is 26.3 Å². The molecule has 5 heteroatoms. The summed E-state index contributed by atoms with van der Waals surface area (Å²) in [5.74, 6) is 0.696. The van der Waals surface area contributed by atoms with Crippen LogP contribution in [0.1, 0.15) is 24.2 Å². The van der Waals surface area contributed by atoms with Gasteiger partial charge in [0.25, 0.3) is 5.91 Å². The van der Waals surface area contributed by atoms with E-state index in [0.717, 1.165) is 0 Å². The van der Waals surface area contributed by atoms with E-state index in [-0.39, 0.29) is 18.1 Å². The summed E-state index contributed by atoms with van der Waals surface area (Å²) >= 11 is 0.